The predicted molar refractivity (Wildman–Crippen MR) is 78.4 cm³/mol. The van der Waals surface area contributed by atoms with Crippen LogP contribution in [-0.4, -0.2) is 18.4 Å². The summed E-state index contributed by atoms with van der Waals surface area (Å²) in [6.45, 7) is 2.09. The normalized spacial score (nSPS) is 11.9. The van der Waals surface area contributed by atoms with Crippen LogP contribution in [0.1, 0.15) is 25.3 Å². The Kier molecular flexibility index (Phi) is 6.64. The van der Waals surface area contributed by atoms with Gasteiger partial charge in [-0.15, -0.1) is 0 Å². The number of aryl methyl sites for hydroxylation is 1. The molecule has 0 radical (unpaired) electrons. The third-order valence-corrected chi connectivity index (χ3v) is 3.39. The Morgan fingerprint density at radius 3 is 2.75 bits per heavy atom. The lowest BCUT2D eigenvalue weighted by atomic mass is 10.1. The standard InChI is InChI=1S/C14H18BrFN2O2/c1-9(7-13(17)19)14(20)18-6-2-3-10-4-5-11(15)8-12(10)16/h4-5,8-9H,2-3,6-7H2,1H3,(H2,17,19)(H,18,20)/t9-/m1/s1. The van der Waals surface area contributed by atoms with Gasteiger partial charge in [0.15, 0.2) is 0 Å². The second-order valence-corrected chi connectivity index (χ2v) is 5.62. The van der Waals surface area contributed by atoms with Crippen molar-refractivity contribution in [1.82, 2.24) is 5.32 Å². The molecule has 1 atom stereocenters. The second kappa shape index (κ2) is 7.99. The molecular formula is C14H18BrFN2O2. The number of hydrogen-bond donors (Lipinski definition) is 2. The molecule has 0 aliphatic rings. The van der Waals surface area contributed by atoms with Crippen LogP contribution in [-0.2, 0) is 16.0 Å². The molecule has 0 saturated carbocycles. The molecule has 0 aliphatic carbocycles. The molecule has 3 N–H and O–H groups in total. The quantitative estimate of drug-likeness (QED) is 0.744. The fourth-order valence-electron chi connectivity index (χ4n) is 1.78. The van der Waals surface area contributed by atoms with E-state index in [0.717, 1.165) is 0 Å². The van der Waals surface area contributed by atoms with E-state index in [9.17, 15) is 14.0 Å². The van der Waals surface area contributed by atoms with Crippen molar-refractivity contribution in [2.24, 2.45) is 11.7 Å². The van der Waals surface area contributed by atoms with E-state index in [0.29, 0.717) is 29.4 Å². The molecule has 1 rings (SSSR count). The van der Waals surface area contributed by atoms with E-state index < -0.39 is 11.8 Å². The predicted octanol–water partition coefficient (Wildman–Crippen LogP) is 2.15. The highest BCUT2D eigenvalue weighted by molar-refractivity contribution is 9.10. The number of halogens is 2. The SMILES string of the molecule is C[C@H](CC(N)=O)C(=O)NCCCc1ccc(Br)cc1F. The van der Waals surface area contributed by atoms with Crippen LogP contribution in [0.2, 0.25) is 0 Å². The first-order valence-corrected chi connectivity index (χ1v) is 7.19. The van der Waals surface area contributed by atoms with E-state index in [1.165, 1.54) is 6.07 Å². The average molecular weight is 345 g/mol. The number of nitrogens with one attached hydrogen (secondary N) is 1. The van der Waals surface area contributed by atoms with Crippen molar-refractivity contribution in [3.63, 3.8) is 0 Å². The Bertz CT molecular complexity index is 494. The van der Waals surface area contributed by atoms with Crippen molar-refractivity contribution >= 4 is 27.7 Å². The summed E-state index contributed by atoms with van der Waals surface area (Å²) in [5.74, 6) is -1.39. The lowest BCUT2D eigenvalue weighted by Crippen LogP contribution is -2.32. The van der Waals surface area contributed by atoms with Gasteiger partial charge in [0.05, 0.1) is 0 Å². The van der Waals surface area contributed by atoms with Crippen molar-refractivity contribution in [2.75, 3.05) is 6.54 Å². The van der Waals surface area contributed by atoms with Gasteiger partial charge in [-0.05, 0) is 30.5 Å². The highest BCUT2D eigenvalue weighted by Gasteiger charge is 2.14. The van der Waals surface area contributed by atoms with E-state index >= 15 is 0 Å². The summed E-state index contributed by atoms with van der Waals surface area (Å²) in [4.78, 5) is 22.3. The number of primary amides is 1. The zero-order chi connectivity index (χ0) is 15.1. The Balaban J connectivity index is 2.31. The average Bonchev–Trinajstić information content (AvgIpc) is 2.35. The minimum Gasteiger partial charge on any atom is -0.370 e. The fraction of sp³-hybridized carbons (Fsp3) is 0.429. The van der Waals surface area contributed by atoms with Gasteiger partial charge in [0.2, 0.25) is 11.8 Å². The summed E-state index contributed by atoms with van der Waals surface area (Å²) in [7, 11) is 0. The van der Waals surface area contributed by atoms with E-state index in [4.69, 9.17) is 5.73 Å². The van der Waals surface area contributed by atoms with Crippen LogP contribution < -0.4 is 11.1 Å². The van der Waals surface area contributed by atoms with Crippen molar-refractivity contribution in [3.05, 3.63) is 34.1 Å². The molecular weight excluding hydrogens is 327 g/mol. The Hall–Kier alpha value is -1.43. The number of carbonyl (C=O) groups is 2. The Labute approximate surface area is 126 Å². The van der Waals surface area contributed by atoms with Gasteiger partial charge in [-0.25, -0.2) is 4.39 Å². The van der Waals surface area contributed by atoms with Crippen molar-refractivity contribution in [2.45, 2.75) is 26.2 Å². The molecule has 4 nitrogen and oxygen atoms in total. The van der Waals surface area contributed by atoms with Gasteiger partial charge in [-0.2, -0.15) is 0 Å². The largest absolute Gasteiger partial charge is 0.370 e. The molecule has 20 heavy (non-hydrogen) atoms. The first-order chi connectivity index (χ1) is 9.40. The monoisotopic (exact) mass is 344 g/mol. The lowest BCUT2D eigenvalue weighted by Gasteiger charge is -2.10. The summed E-state index contributed by atoms with van der Waals surface area (Å²) in [6.07, 6.45) is 1.21. The molecule has 0 spiro atoms. The first kappa shape index (κ1) is 16.6. The Morgan fingerprint density at radius 2 is 2.15 bits per heavy atom. The zero-order valence-corrected chi connectivity index (χ0v) is 12.9. The highest BCUT2D eigenvalue weighted by Crippen LogP contribution is 2.16. The summed E-state index contributed by atoms with van der Waals surface area (Å²) < 4.78 is 14.2. The minimum absolute atomic E-state index is 0.0349. The van der Waals surface area contributed by atoms with E-state index in [1.807, 2.05) is 0 Å². The van der Waals surface area contributed by atoms with Crippen LogP contribution >= 0.6 is 15.9 Å². The number of rotatable bonds is 7. The van der Waals surface area contributed by atoms with Crippen LogP contribution in [0.25, 0.3) is 0 Å². The maximum Gasteiger partial charge on any atom is 0.223 e. The molecule has 0 bridgehead atoms. The summed E-state index contributed by atoms with van der Waals surface area (Å²) in [5, 5.41) is 2.71. The number of benzene rings is 1. The maximum atomic E-state index is 13.5. The third kappa shape index (κ3) is 5.69. The van der Waals surface area contributed by atoms with E-state index in [-0.39, 0.29) is 18.1 Å². The Morgan fingerprint density at radius 1 is 1.45 bits per heavy atom. The summed E-state index contributed by atoms with van der Waals surface area (Å²) >= 11 is 3.20. The summed E-state index contributed by atoms with van der Waals surface area (Å²) in [6, 6.07) is 4.92. The van der Waals surface area contributed by atoms with Gasteiger partial charge in [0, 0.05) is 23.4 Å². The molecule has 0 saturated heterocycles. The topological polar surface area (TPSA) is 72.2 Å². The van der Waals surface area contributed by atoms with E-state index in [2.05, 4.69) is 21.2 Å². The number of hydrogen-bond acceptors (Lipinski definition) is 2. The molecule has 0 fully saturated rings. The first-order valence-electron chi connectivity index (χ1n) is 6.40. The number of nitrogens with two attached hydrogens (primary N) is 1. The number of amides is 2. The molecule has 0 heterocycles. The highest BCUT2D eigenvalue weighted by atomic mass is 79.9. The van der Waals surface area contributed by atoms with Crippen LogP contribution in [0, 0.1) is 11.7 Å². The third-order valence-electron chi connectivity index (χ3n) is 2.89. The van der Waals surface area contributed by atoms with Crippen LogP contribution in [0.3, 0.4) is 0 Å². The molecule has 1 aromatic carbocycles. The maximum absolute atomic E-state index is 13.5. The van der Waals surface area contributed by atoms with Crippen LogP contribution in [0.15, 0.2) is 22.7 Å². The fourth-order valence-corrected chi connectivity index (χ4v) is 2.12. The van der Waals surface area contributed by atoms with Crippen molar-refractivity contribution in [3.8, 4) is 0 Å². The summed E-state index contributed by atoms with van der Waals surface area (Å²) in [5.41, 5.74) is 5.64. The molecule has 2 amide bonds. The molecule has 6 heteroatoms. The molecule has 0 unspecified atom stereocenters. The second-order valence-electron chi connectivity index (χ2n) is 4.70. The smallest absolute Gasteiger partial charge is 0.223 e. The molecule has 0 aliphatic heterocycles. The van der Waals surface area contributed by atoms with Crippen molar-refractivity contribution < 1.29 is 14.0 Å². The van der Waals surface area contributed by atoms with E-state index in [1.54, 1.807) is 19.1 Å². The van der Waals surface area contributed by atoms with Gasteiger partial charge in [0.1, 0.15) is 5.82 Å². The zero-order valence-electron chi connectivity index (χ0n) is 11.3. The van der Waals surface area contributed by atoms with Crippen LogP contribution in [0.4, 0.5) is 4.39 Å². The van der Waals surface area contributed by atoms with Gasteiger partial charge in [-0.3, -0.25) is 9.59 Å². The van der Waals surface area contributed by atoms with Crippen molar-refractivity contribution in [1.29, 1.82) is 0 Å². The molecule has 110 valence electrons. The molecule has 1 aromatic rings. The van der Waals surface area contributed by atoms with Gasteiger partial charge in [-0.1, -0.05) is 28.9 Å². The van der Waals surface area contributed by atoms with Gasteiger partial charge >= 0.3 is 0 Å². The lowest BCUT2D eigenvalue weighted by molar-refractivity contribution is -0.128. The minimum atomic E-state index is -0.496. The van der Waals surface area contributed by atoms with Gasteiger partial charge in [0.25, 0.3) is 0 Å². The van der Waals surface area contributed by atoms with Gasteiger partial charge < -0.3 is 11.1 Å². The molecule has 0 aromatic heterocycles. The number of carbonyl (C=O) groups excluding carboxylic acids is 2. The van der Waals surface area contributed by atoms with Crippen LogP contribution in [0.5, 0.6) is 0 Å².